The van der Waals surface area contributed by atoms with Crippen LogP contribution in [0.4, 0.5) is 11.4 Å². The molecule has 8 nitrogen and oxygen atoms in total. The van der Waals surface area contributed by atoms with E-state index in [-0.39, 0.29) is 17.7 Å². The number of hydrogen-bond acceptors (Lipinski definition) is 5. The fraction of sp³-hybridized carbons (Fsp3) is 0.360. The number of aryl methyl sites for hydroxylation is 2. The Morgan fingerprint density at radius 2 is 1.79 bits per heavy atom. The minimum Gasteiger partial charge on any atom is -0.368 e. The van der Waals surface area contributed by atoms with Crippen LogP contribution >= 0.6 is 0 Å². The lowest BCUT2D eigenvalue weighted by molar-refractivity contribution is -0.117. The Morgan fingerprint density at radius 3 is 2.48 bits per heavy atom. The second-order valence-corrected chi connectivity index (χ2v) is 8.90. The third-order valence-electron chi connectivity index (χ3n) is 6.30. The van der Waals surface area contributed by atoms with Gasteiger partial charge in [0.1, 0.15) is 17.8 Å². The molecule has 0 radical (unpaired) electrons. The summed E-state index contributed by atoms with van der Waals surface area (Å²) in [6, 6.07) is 10.1. The number of carbonyl (C=O) groups is 2. The molecule has 0 spiro atoms. The molecule has 3 aromatic rings. The van der Waals surface area contributed by atoms with E-state index >= 15 is 0 Å². The zero-order valence-electron chi connectivity index (χ0n) is 19.0. The van der Waals surface area contributed by atoms with Crippen molar-refractivity contribution >= 4 is 23.2 Å². The molecule has 8 heteroatoms. The number of rotatable bonds is 5. The van der Waals surface area contributed by atoms with Gasteiger partial charge in [0.05, 0.1) is 11.9 Å². The number of piperazine rings is 1. The monoisotopic (exact) mass is 444 g/mol. The molecular formula is C25H28N6O2. The summed E-state index contributed by atoms with van der Waals surface area (Å²) in [6.07, 6.45) is 6.87. The molecule has 3 heterocycles. The molecule has 1 N–H and O–H groups in total. The van der Waals surface area contributed by atoms with Gasteiger partial charge in [0.15, 0.2) is 0 Å². The van der Waals surface area contributed by atoms with Crippen molar-refractivity contribution in [2.75, 3.05) is 36.4 Å². The smallest absolute Gasteiger partial charge is 0.274 e. The van der Waals surface area contributed by atoms with Crippen molar-refractivity contribution in [2.24, 2.45) is 5.92 Å². The van der Waals surface area contributed by atoms with Gasteiger partial charge in [-0.2, -0.15) is 0 Å². The first-order valence-corrected chi connectivity index (χ1v) is 11.4. The lowest BCUT2D eigenvalue weighted by Gasteiger charge is -2.36. The number of nitrogens with one attached hydrogen (secondary N) is 1. The fourth-order valence-corrected chi connectivity index (χ4v) is 4.13. The summed E-state index contributed by atoms with van der Waals surface area (Å²) in [4.78, 5) is 37.8. The zero-order chi connectivity index (χ0) is 22.9. The van der Waals surface area contributed by atoms with E-state index in [1.165, 1.54) is 16.8 Å². The van der Waals surface area contributed by atoms with E-state index in [1.807, 2.05) is 11.0 Å². The number of amides is 2. The molecule has 1 saturated carbocycles. The van der Waals surface area contributed by atoms with Crippen LogP contribution in [0.15, 0.2) is 49.1 Å². The van der Waals surface area contributed by atoms with Gasteiger partial charge in [-0.15, -0.1) is 0 Å². The number of hydrogen-bond donors (Lipinski definition) is 1. The van der Waals surface area contributed by atoms with Crippen LogP contribution < -0.4 is 10.2 Å². The first-order chi connectivity index (χ1) is 16.0. The Balaban J connectivity index is 1.21. The molecule has 2 aliphatic rings. The summed E-state index contributed by atoms with van der Waals surface area (Å²) in [5.41, 5.74) is 4.82. The van der Waals surface area contributed by atoms with Gasteiger partial charge in [-0.25, -0.2) is 9.97 Å². The fourth-order valence-electron chi connectivity index (χ4n) is 4.13. The minimum absolute atomic E-state index is 0.0534. The molecule has 170 valence electrons. The molecule has 1 aliphatic carbocycles. The second-order valence-electron chi connectivity index (χ2n) is 8.90. The van der Waals surface area contributed by atoms with Gasteiger partial charge in [-0.3, -0.25) is 14.2 Å². The molecule has 5 rings (SSSR count). The van der Waals surface area contributed by atoms with Gasteiger partial charge in [0, 0.05) is 44.0 Å². The van der Waals surface area contributed by atoms with Crippen molar-refractivity contribution in [1.82, 2.24) is 19.4 Å². The van der Waals surface area contributed by atoms with Crippen molar-refractivity contribution in [2.45, 2.75) is 26.7 Å². The highest BCUT2D eigenvalue weighted by Gasteiger charge is 2.29. The van der Waals surface area contributed by atoms with E-state index in [9.17, 15) is 9.59 Å². The highest BCUT2D eigenvalue weighted by Crippen LogP contribution is 2.30. The van der Waals surface area contributed by atoms with Gasteiger partial charge in [-0.05, 0) is 56.0 Å². The van der Waals surface area contributed by atoms with Crippen LogP contribution in [0.1, 0.15) is 34.5 Å². The highest BCUT2D eigenvalue weighted by atomic mass is 16.2. The number of anilines is 2. The van der Waals surface area contributed by atoms with Crippen molar-refractivity contribution < 1.29 is 9.59 Å². The molecule has 1 aromatic carbocycles. The van der Waals surface area contributed by atoms with E-state index in [2.05, 4.69) is 52.2 Å². The zero-order valence-corrected chi connectivity index (χ0v) is 19.0. The summed E-state index contributed by atoms with van der Waals surface area (Å²) < 4.78 is 1.73. The van der Waals surface area contributed by atoms with Crippen molar-refractivity contribution in [3.8, 4) is 5.82 Å². The Hall–Kier alpha value is -3.68. The van der Waals surface area contributed by atoms with Crippen molar-refractivity contribution in [1.29, 1.82) is 0 Å². The molecule has 0 bridgehead atoms. The van der Waals surface area contributed by atoms with Crippen molar-refractivity contribution in [3.63, 3.8) is 0 Å². The number of nitrogens with zero attached hydrogens (tertiary/aromatic N) is 5. The standard InChI is InChI=1S/C25H28N6O2/c1-17-3-4-18(2)22(13-17)29-9-11-30(12-10-29)25(33)21-15-31(16-27-21)23-8-7-20(14-26-23)28-24(32)19-5-6-19/h3-4,7-8,13-16,19H,5-6,9-12H2,1-2H3,(H,28,32). The Labute approximate surface area is 193 Å². The molecular weight excluding hydrogens is 416 g/mol. The number of pyridine rings is 1. The number of imidazole rings is 1. The maximum atomic E-state index is 13.0. The highest BCUT2D eigenvalue weighted by molar-refractivity contribution is 5.94. The summed E-state index contributed by atoms with van der Waals surface area (Å²) in [5.74, 6) is 0.778. The maximum Gasteiger partial charge on any atom is 0.274 e. The van der Waals surface area contributed by atoms with E-state index in [0.29, 0.717) is 30.3 Å². The lowest BCUT2D eigenvalue weighted by Crippen LogP contribution is -2.49. The summed E-state index contributed by atoms with van der Waals surface area (Å²) in [5, 5.41) is 2.88. The van der Waals surface area contributed by atoms with Gasteiger partial charge in [0.25, 0.3) is 5.91 Å². The van der Waals surface area contributed by atoms with Gasteiger partial charge in [0.2, 0.25) is 5.91 Å². The first kappa shape index (κ1) is 21.2. The predicted octanol–water partition coefficient (Wildman–Crippen LogP) is 3.20. The molecule has 0 atom stereocenters. The van der Waals surface area contributed by atoms with Gasteiger partial charge in [-0.1, -0.05) is 12.1 Å². The van der Waals surface area contributed by atoms with Gasteiger partial charge < -0.3 is 15.1 Å². The van der Waals surface area contributed by atoms with Crippen LogP contribution in [-0.4, -0.2) is 57.4 Å². The molecule has 0 unspecified atom stereocenters. The average molecular weight is 445 g/mol. The van der Waals surface area contributed by atoms with Crippen LogP contribution in [0.5, 0.6) is 0 Å². The summed E-state index contributed by atoms with van der Waals surface area (Å²) in [7, 11) is 0. The van der Waals surface area contributed by atoms with Crippen LogP contribution in [0.2, 0.25) is 0 Å². The van der Waals surface area contributed by atoms with Crippen LogP contribution in [0, 0.1) is 19.8 Å². The van der Waals surface area contributed by atoms with E-state index in [4.69, 9.17) is 0 Å². The third-order valence-corrected chi connectivity index (χ3v) is 6.30. The number of benzene rings is 1. The van der Waals surface area contributed by atoms with Crippen LogP contribution in [-0.2, 0) is 4.79 Å². The molecule has 2 amide bonds. The Kier molecular flexibility index (Phi) is 5.58. The number of aromatic nitrogens is 3. The first-order valence-electron chi connectivity index (χ1n) is 11.4. The van der Waals surface area contributed by atoms with Gasteiger partial charge >= 0.3 is 0 Å². The minimum atomic E-state index is -0.0670. The topological polar surface area (TPSA) is 83.4 Å². The molecule has 1 aliphatic heterocycles. The maximum absolute atomic E-state index is 13.0. The van der Waals surface area contributed by atoms with E-state index < -0.39 is 0 Å². The van der Waals surface area contributed by atoms with Crippen LogP contribution in [0.25, 0.3) is 5.82 Å². The normalized spacial score (nSPS) is 16.1. The molecule has 33 heavy (non-hydrogen) atoms. The van der Waals surface area contributed by atoms with E-state index in [1.54, 1.807) is 29.4 Å². The van der Waals surface area contributed by atoms with Crippen molar-refractivity contribution in [3.05, 3.63) is 65.9 Å². The quantitative estimate of drug-likeness (QED) is 0.654. The summed E-state index contributed by atoms with van der Waals surface area (Å²) >= 11 is 0. The van der Waals surface area contributed by atoms with Crippen LogP contribution in [0.3, 0.4) is 0 Å². The molecule has 2 aromatic heterocycles. The predicted molar refractivity (Wildman–Crippen MR) is 127 cm³/mol. The second kappa shape index (κ2) is 8.69. The third kappa shape index (κ3) is 4.60. The molecule has 1 saturated heterocycles. The van der Waals surface area contributed by atoms with E-state index in [0.717, 1.165) is 25.9 Å². The Morgan fingerprint density at radius 1 is 1.00 bits per heavy atom. The lowest BCUT2D eigenvalue weighted by atomic mass is 10.1. The Bertz CT molecular complexity index is 1170. The SMILES string of the molecule is Cc1ccc(C)c(N2CCN(C(=O)c3cn(-c4ccc(NC(=O)C5CC5)cn4)cn3)CC2)c1. The summed E-state index contributed by atoms with van der Waals surface area (Å²) in [6.45, 7) is 7.14. The number of carbonyl (C=O) groups excluding carboxylic acids is 2. The molecule has 2 fully saturated rings. The largest absolute Gasteiger partial charge is 0.368 e. The average Bonchev–Trinajstić information content (AvgIpc) is 3.58.